The first-order chi connectivity index (χ1) is 12.1. The highest BCUT2D eigenvalue weighted by Crippen LogP contribution is 2.23. The summed E-state index contributed by atoms with van der Waals surface area (Å²) in [4.78, 5) is 25.7. The average molecular weight is 344 g/mol. The number of aryl methyl sites for hydroxylation is 1. The van der Waals surface area contributed by atoms with Gasteiger partial charge in [0.25, 0.3) is 0 Å². The van der Waals surface area contributed by atoms with E-state index in [-0.39, 0.29) is 12.0 Å². The Morgan fingerprint density at radius 2 is 2.24 bits per heavy atom. The molecule has 25 heavy (non-hydrogen) atoms. The first kappa shape index (κ1) is 16.8. The van der Waals surface area contributed by atoms with Crippen LogP contribution in [0.25, 0.3) is 0 Å². The maximum atomic E-state index is 12.4. The Labute approximate surface area is 145 Å². The van der Waals surface area contributed by atoms with Gasteiger partial charge in [-0.1, -0.05) is 18.1 Å². The molecule has 1 aliphatic heterocycles. The van der Waals surface area contributed by atoms with E-state index >= 15 is 0 Å². The van der Waals surface area contributed by atoms with Crippen molar-refractivity contribution in [3.05, 3.63) is 36.1 Å². The van der Waals surface area contributed by atoms with E-state index in [1.807, 2.05) is 31.2 Å². The van der Waals surface area contributed by atoms with E-state index < -0.39 is 6.04 Å². The average Bonchev–Trinajstić information content (AvgIpc) is 3.21. The minimum Gasteiger partial charge on any atom is -0.447 e. The third kappa shape index (κ3) is 3.90. The maximum Gasteiger partial charge on any atom is 0.414 e. The van der Waals surface area contributed by atoms with Gasteiger partial charge in [-0.15, -0.1) is 0 Å². The van der Waals surface area contributed by atoms with Crippen LogP contribution >= 0.6 is 0 Å². The Hall–Kier alpha value is -3.03. The van der Waals surface area contributed by atoms with Crippen molar-refractivity contribution in [3.8, 4) is 0 Å². The van der Waals surface area contributed by atoms with E-state index in [0.717, 1.165) is 11.4 Å². The van der Waals surface area contributed by atoms with E-state index in [9.17, 15) is 9.59 Å². The normalized spacial score (nSPS) is 15.0. The fourth-order valence-corrected chi connectivity index (χ4v) is 2.58. The van der Waals surface area contributed by atoms with Gasteiger partial charge in [0.1, 0.15) is 18.4 Å². The van der Waals surface area contributed by atoms with Gasteiger partial charge in [-0.25, -0.2) is 4.79 Å². The van der Waals surface area contributed by atoms with E-state index in [2.05, 4.69) is 15.8 Å². The lowest BCUT2D eigenvalue weighted by Gasteiger charge is -2.19. The van der Waals surface area contributed by atoms with Gasteiger partial charge in [-0.2, -0.15) is 0 Å². The summed E-state index contributed by atoms with van der Waals surface area (Å²) in [5, 5.41) is 9.67. The third-order valence-corrected chi connectivity index (χ3v) is 3.86. The lowest BCUT2D eigenvalue weighted by molar-refractivity contribution is -0.117. The first-order valence-corrected chi connectivity index (χ1v) is 8.12. The molecule has 1 fully saturated rings. The predicted octanol–water partition coefficient (Wildman–Crippen LogP) is 2.77. The van der Waals surface area contributed by atoms with Crippen LogP contribution in [0.2, 0.25) is 0 Å². The van der Waals surface area contributed by atoms with Gasteiger partial charge in [0.2, 0.25) is 5.91 Å². The first-order valence-electron chi connectivity index (χ1n) is 8.12. The lowest BCUT2D eigenvalue weighted by Crippen LogP contribution is -2.34. The van der Waals surface area contributed by atoms with Gasteiger partial charge in [0.15, 0.2) is 5.82 Å². The van der Waals surface area contributed by atoms with Gasteiger partial charge in [-0.3, -0.25) is 9.69 Å². The van der Waals surface area contributed by atoms with Crippen LogP contribution in [0.1, 0.15) is 19.1 Å². The highest BCUT2D eigenvalue weighted by atomic mass is 16.6. The molecular formula is C17H20N4O4. The number of benzene rings is 1. The molecule has 2 aromatic rings. The zero-order chi connectivity index (χ0) is 17.8. The van der Waals surface area contributed by atoms with Crippen molar-refractivity contribution in [2.75, 3.05) is 28.7 Å². The number of nitrogens with zero attached hydrogens (tertiary/aromatic N) is 2. The molecule has 0 spiro atoms. The second-order valence-corrected chi connectivity index (χ2v) is 5.73. The van der Waals surface area contributed by atoms with Crippen LogP contribution in [-0.4, -0.2) is 36.4 Å². The van der Waals surface area contributed by atoms with Crippen LogP contribution in [0, 0.1) is 6.92 Å². The summed E-state index contributed by atoms with van der Waals surface area (Å²) < 4.78 is 9.90. The number of aromatic nitrogens is 1. The molecule has 1 saturated heterocycles. The Morgan fingerprint density at radius 3 is 2.88 bits per heavy atom. The third-order valence-electron chi connectivity index (χ3n) is 3.86. The molecule has 1 aromatic heterocycles. The molecule has 3 rings (SSSR count). The largest absolute Gasteiger partial charge is 0.447 e. The summed E-state index contributed by atoms with van der Waals surface area (Å²) in [6, 6.07) is 8.54. The zero-order valence-corrected chi connectivity index (χ0v) is 14.1. The van der Waals surface area contributed by atoms with E-state index in [1.54, 1.807) is 17.9 Å². The van der Waals surface area contributed by atoms with Crippen LogP contribution in [0.15, 0.2) is 34.9 Å². The summed E-state index contributed by atoms with van der Waals surface area (Å²) >= 11 is 0. The maximum absolute atomic E-state index is 12.4. The number of rotatable bonds is 6. The van der Waals surface area contributed by atoms with E-state index in [4.69, 9.17) is 9.26 Å². The molecular weight excluding hydrogens is 324 g/mol. The Balaban J connectivity index is 1.68. The van der Waals surface area contributed by atoms with E-state index in [1.165, 1.54) is 0 Å². The van der Waals surface area contributed by atoms with Gasteiger partial charge < -0.3 is 19.9 Å². The monoisotopic (exact) mass is 344 g/mol. The van der Waals surface area contributed by atoms with Gasteiger partial charge in [-0.05, 0) is 31.5 Å². The smallest absolute Gasteiger partial charge is 0.414 e. The molecule has 2 heterocycles. The number of ether oxygens (including phenoxy) is 1. The molecule has 2 N–H and O–H groups in total. The van der Waals surface area contributed by atoms with Crippen molar-refractivity contribution in [2.24, 2.45) is 0 Å². The summed E-state index contributed by atoms with van der Waals surface area (Å²) in [6.07, 6.45) is 0.224. The second-order valence-electron chi connectivity index (χ2n) is 5.73. The molecule has 0 aliphatic carbocycles. The number of anilines is 3. The van der Waals surface area contributed by atoms with Gasteiger partial charge >= 0.3 is 6.09 Å². The molecule has 0 bridgehead atoms. The molecule has 0 radical (unpaired) electrons. The number of amides is 2. The number of nitrogens with one attached hydrogen (secondary N) is 2. The Morgan fingerprint density at radius 1 is 1.40 bits per heavy atom. The van der Waals surface area contributed by atoms with Crippen LogP contribution in [-0.2, 0) is 9.53 Å². The molecule has 1 atom stereocenters. The van der Waals surface area contributed by atoms with Crippen molar-refractivity contribution >= 4 is 29.2 Å². The van der Waals surface area contributed by atoms with Crippen LogP contribution in [0.4, 0.5) is 22.0 Å². The van der Waals surface area contributed by atoms with Crippen molar-refractivity contribution in [3.63, 3.8) is 0 Å². The highest BCUT2D eigenvalue weighted by molar-refractivity contribution is 5.96. The van der Waals surface area contributed by atoms with Crippen molar-refractivity contribution in [1.29, 1.82) is 0 Å². The van der Waals surface area contributed by atoms with Crippen LogP contribution in [0.3, 0.4) is 0 Å². The molecule has 1 aromatic carbocycles. The number of hydrogen-bond donors (Lipinski definition) is 2. The quantitative estimate of drug-likeness (QED) is 0.836. The number of hydrogen-bond acceptors (Lipinski definition) is 6. The fraction of sp³-hybridized carbons (Fsp3) is 0.353. The Bertz CT molecular complexity index is 774. The summed E-state index contributed by atoms with van der Waals surface area (Å²) in [5.74, 6) is 0.805. The number of cyclic esters (lactones) is 1. The molecule has 1 aliphatic rings. The predicted molar refractivity (Wildman–Crippen MR) is 92.7 cm³/mol. The van der Waals surface area contributed by atoms with Crippen LogP contribution < -0.4 is 15.5 Å². The highest BCUT2D eigenvalue weighted by Gasteiger charge is 2.24. The fourth-order valence-electron chi connectivity index (χ4n) is 2.58. The minimum atomic E-state index is -0.446. The molecule has 2 amide bonds. The summed E-state index contributed by atoms with van der Waals surface area (Å²) in [5.41, 5.74) is 1.48. The number of carbonyl (C=O) groups excluding carboxylic acids is 2. The lowest BCUT2D eigenvalue weighted by atomic mass is 10.2. The molecule has 8 heteroatoms. The summed E-state index contributed by atoms with van der Waals surface area (Å²) in [7, 11) is 0. The zero-order valence-electron chi connectivity index (χ0n) is 14.1. The van der Waals surface area contributed by atoms with Crippen molar-refractivity contribution < 1.29 is 18.8 Å². The standard InChI is InChI=1S/C17H20N4O4/c1-3-14(16(22)19-15-9-11(2)25-20-15)18-12-5-4-6-13(10-12)21-7-8-24-17(21)23/h4-6,9-10,14,18H,3,7-8H2,1-2H3,(H,19,20,22)/t14-/m1/s1. The summed E-state index contributed by atoms with van der Waals surface area (Å²) in [6.45, 7) is 4.57. The molecule has 0 saturated carbocycles. The van der Waals surface area contributed by atoms with Gasteiger partial charge in [0.05, 0.1) is 6.54 Å². The minimum absolute atomic E-state index is 0.207. The molecule has 132 valence electrons. The topological polar surface area (TPSA) is 96.7 Å². The van der Waals surface area contributed by atoms with E-state index in [0.29, 0.717) is 31.2 Å². The Kier molecular flexibility index (Phi) is 4.87. The molecule has 0 unspecified atom stereocenters. The molecule has 8 nitrogen and oxygen atoms in total. The SMILES string of the molecule is CC[C@@H](Nc1cccc(N2CCOC2=O)c1)C(=O)Nc1cc(C)on1. The van der Waals surface area contributed by atoms with Crippen molar-refractivity contribution in [2.45, 2.75) is 26.3 Å². The van der Waals surface area contributed by atoms with Gasteiger partial charge in [0, 0.05) is 17.4 Å². The van der Waals surface area contributed by atoms with Crippen molar-refractivity contribution in [1.82, 2.24) is 5.16 Å². The number of carbonyl (C=O) groups is 2. The van der Waals surface area contributed by atoms with Crippen LogP contribution in [0.5, 0.6) is 0 Å². The second kappa shape index (κ2) is 7.25.